The van der Waals surface area contributed by atoms with Gasteiger partial charge in [-0.3, -0.25) is 0 Å². The van der Waals surface area contributed by atoms with Crippen molar-refractivity contribution in [3.63, 3.8) is 0 Å². The Morgan fingerprint density at radius 1 is 1.44 bits per heavy atom. The number of rotatable bonds is 1. The summed E-state index contributed by atoms with van der Waals surface area (Å²) >= 11 is 0. The SMILES string of the molecule is CC1CCn2c(nc(CC(C)(C)C)c2N)C1. The van der Waals surface area contributed by atoms with Crippen LogP contribution in [0.25, 0.3) is 0 Å². The minimum atomic E-state index is 0.254. The van der Waals surface area contributed by atoms with E-state index in [2.05, 4.69) is 32.3 Å². The molecule has 0 amide bonds. The average molecular weight is 221 g/mol. The molecule has 0 radical (unpaired) electrons. The quantitative estimate of drug-likeness (QED) is 0.792. The minimum absolute atomic E-state index is 0.254. The first-order chi connectivity index (χ1) is 7.37. The lowest BCUT2D eigenvalue weighted by molar-refractivity contribution is 0.406. The van der Waals surface area contributed by atoms with E-state index < -0.39 is 0 Å². The Kier molecular flexibility index (Phi) is 2.72. The second kappa shape index (κ2) is 3.79. The van der Waals surface area contributed by atoms with E-state index in [1.807, 2.05) is 0 Å². The van der Waals surface area contributed by atoms with Gasteiger partial charge in [-0.15, -0.1) is 0 Å². The first-order valence-electron chi connectivity index (χ1n) is 6.20. The van der Waals surface area contributed by atoms with Crippen LogP contribution in [0.5, 0.6) is 0 Å². The van der Waals surface area contributed by atoms with Crippen molar-refractivity contribution in [2.75, 3.05) is 5.73 Å². The maximum Gasteiger partial charge on any atom is 0.126 e. The number of hydrogen-bond donors (Lipinski definition) is 1. The molecule has 2 rings (SSSR count). The van der Waals surface area contributed by atoms with Crippen molar-refractivity contribution in [2.24, 2.45) is 11.3 Å². The number of nitrogens with zero attached hydrogens (tertiary/aromatic N) is 2. The first-order valence-corrected chi connectivity index (χ1v) is 6.20. The molecule has 0 spiro atoms. The van der Waals surface area contributed by atoms with Gasteiger partial charge in [0, 0.05) is 13.0 Å². The zero-order valence-electron chi connectivity index (χ0n) is 10.9. The summed E-state index contributed by atoms with van der Waals surface area (Å²) in [4.78, 5) is 4.72. The third-order valence-electron chi connectivity index (χ3n) is 3.24. The Morgan fingerprint density at radius 2 is 2.12 bits per heavy atom. The number of nitrogens with two attached hydrogens (primary N) is 1. The molecule has 1 atom stereocenters. The highest BCUT2D eigenvalue weighted by molar-refractivity contribution is 5.39. The molecule has 2 heterocycles. The molecule has 3 heteroatoms. The number of anilines is 1. The van der Waals surface area contributed by atoms with Gasteiger partial charge in [-0.1, -0.05) is 27.7 Å². The zero-order valence-corrected chi connectivity index (χ0v) is 10.9. The monoisotopic (exact) mass is 221 g/mol. The molecule has 1 aliphatic rings. The number of aromatic nitrogens is 2. The van der Waals surface area contributed by atoms with Crippen LogP contribution < -0.4 is 5.73 Å². The van der Waals surface area contributed by atoms with Crippen molar-refractivity contribution in [3.05, 3.63) is 11.5 Å². The van der Waals surface area contributed by atoms with Gasteiger partial charge in [-0.05, 0) is 24.2 Å². The van der Waals surface area contributed by atoms with Gasteiger partial charge in [0.15, 0.2) is 0 Å². The van der Waals surface area contributed by atoms with E-state index in [0.29, 0.717) is 0 Å². The van der Waals surface area contributed by atoms with E-state index >= 15 is 0 Å². The normalized spacial score (nSPS) is 20.9. The van der Waals surface area contributed by atoms with Crippen LogP contribution >= 0.6 is 0 Å². The summed E-state index contributed by atoms with van der Waals surface area (Å²) in [7, 11) is 0. The largest absolute Gasteiger partial charge is 0.384 e. The Labute approximate surface area is 98.1 Å². The molecule has 0 fully saturated rings. The molecule has 2 N–H and O–H groups in total. The third-order valence-corrected chi connectivity index (χ3v) is 3.24. The molecule has 90 valence electrons. The molecule has 0 aliphatic carbocycles. The molecular formula is C13H23N3. The Hall–Kier alpha value is -0.990. The number of hydrogen-bond acceptors (Lipinski definition) is 2. The van der Waals surface area contributed by atoms with Crippen molar-refractivity contribution in [1.29, 1.82) is 0 Å². The van der Waals surface area contributed by atoms with Gasteiger partial charge in [0.1, 0.15) is 11.6 Å². The van der Waals surface area contributed by atoms with Crippen LogP contribution in [0.1, 0.15) is 45.6 Å². The van der Waals surface area contributed by atoms with Gasteiger partial charge in [-0.2, -0.15) is 0 Å². The standard InChI is InChI=1S/C13H23N3/c1-9-5-6-16-11(7-9)15-10(12(16)14)8-13(2,3)4/h9H,5-8,14H2,1-4H3. The van der Waals surface area contributed by atoms with Crippen molar-refractivity contribution in [3.8, 4) is 0 Å². The zero-order chi connectivity index (χ0) is 11.9. The Bertz CT molecular complexity index is 385. The molecule has 0 aromatic carbocycles. The van der Waals surface area contributed by atoms with Crippen LogP contribution in [-0.2, 0) is 19.4 Å². The molecule has 1 aliphatic heterocycles. The van der Waals surface area contributed by atoms with E-state index in [-0.39, 0.29) is 5.41 Å². The summed E-state index contributed by atoms with van der Waals surface area (Å²) in [5.41, 5.74) is 7.53. The fourth-order valence-electron chi connectivity index (χ4n) is 2.37. The Balaban J connectivity index is 2.29. The molecule has 0 bridgehead atoms. The van der Waals surface area contributed by atoms with E-state index in [1.165, 1.54) is 12.2 Å². The van der Waals surface area contributed by atoms with Gasteiger partial charge >= 0.3 is 0 Å². The maximum absolute atomic E-state index is 6.18. The Morgan fingerprint density at radius 3 is 2.75 bits per heavy atom. The fourth-order valence-corrected chi connectivity index (χ4v) is 2.37. The molecule has 16 heavy (non-hydrogen) atoms. The second-order valence-electron chi connectivity index (χ2n) is 6.35. The second-order valence-corrected chi connectivity index (χ2v) is 6.35. The van der Waals surface area contributed by atoms with Crippen LogP contribution in [0.2, 0.25) is 0 Å². The van der Waals surface area contributed by atoms with Crippen molar-refractivity contribution in [1.82, 2.24) is 9.55 Å². The first kappa shape index (κ1) is 11.5. The van der Waals surface area contributed by atoms with Crippen molar-refractivity contribution < 1.29 is 0 Å². The van der Waals surface area contributed by atoms with E-state index in [0.717, 1.165) is 36.8 Å². The highest BCUT2D eigenvalue weighted by atomic mass is 15.1. The highest BCUT2D eigenvalue weighted by Gasteiger charge is 2.23. The highest BCUT2D eigenvalue weighted by Crippen LogP contribution is 2.28. The van der Waals surface area contributed by atoms with E-state index in [1.54, 1.807) is 0 Å². The van der Waals surface area contributed by atoms with Crippen molar-refractivity contribution >= 4 is 5.82 Å². The van der Waals surface area contributed by atoms with Gasteiger partial charge in [0.2, 0.25) is 0 Å². The van der Waals surface area contributed by atoms with Crippen LogP contribution in [0.4, 0.5) is 5.82 Å². The molecule has 1 aromatic heterocycles. The summed E-state index contributed by atoms with van der Waals surface area (Å²) in [6.45, 7) is 10.0. The number of fused-ring (bicyclic) bond motifs is 1. The van der Waals surface area contributed by atoms with Gasteiger partial charge in [0.25, 0.3) is 0 Å². The lowest BCUT2D eigenvalue weighted by atomic mass is 9.90. The number of nitrogen functional groups attached to an aromatic ring is 1. The molecular weight excluding hydrogens is 198 g/mol. The third kappa shape index (κ3) is 2.23. The van der Waals surface area contributed by atoms with Crippen LogP contribution in [0.3, 0.4) is 0 Å². The minimum Gasteiger partial charge on any atom is -0.384 e. The summed E-state index contributed by atoms with van der Waals surface area (Å²) in [6.07, 6.45) is 3.27. The van der Waals surface area contributed by atoms with Gasteiger partial charge in [-0.25, -0.2) is 4.98 Å². The molecule has 1 aromatic rings. The lowest BCUT2D eigenvalue weighted by Crippen LogP contribution is -2.18. The molecule has 0 saturated heterocycles. The van der Waals surface area contributed by atoms with Crippen LogP contribution in [0.15, 0.2) is 0 Å². The van der Waals surface area contributed by atoms with Gasteiger partial charge < -0.3 is 10.3 Å². The summed E-state index contributed by atoms with van der Waals surface area (Å²) < 4.78 is 2.21. The topological polar surface area (TPSA) is 43.8 Å². The average Bonchev–Trinajstić information content (AvgIpc) is 2.40. The van der Waals surface area contributed by atoms with E-state index in [9.17, 15) is 0 Å². The summed E-state index contributed by atoms with van der Waals surface area (Å²) in [6, 6.07) is 0. The summed E-state index contributed by atoms with van der Waals surface area (Å²) in [5, 5.41) is 0. The lowest BCUT2D eigenvalue weighted by Gasteiger charge is -2.20. The van der Waals surface area contributed by atoms with Gasteiger partial charge in [0.05, 0.1) is 5.69 Å². The molecule has 1 unspecified atom stereocenters. The van der Waals surface area contributed by atoms with E-state index in [4.69, 9.17) is 10.7 Å². The predicted molar refractivity (Wildman–Crippen MR) is 67.3 cm³/mol. The summed E-state index contributed by atoms with van der Waals surface area (Å²) in [5.74, 6) is 2.84. The maximum atomic E-state index is 6.18. The molecule has 0 saturated carbocycles. The fraction of sp³-hybridized carbons (Fsp3) is 0.769. The molecule has 3 nitrogen and oxygen atoms in total. The number of imidazole rings is 1. The van der Waals surface area contributed by atoms with Crippen LogP contribution in [-0.4, -0.2) is 9.55 Å². The predicted octanol–water partition coefficient (Wildman–Crippen LogP) is 2.64. The van der Waals surface area contributed by atoms with Crippen molar-refractivity contribution in [2.45, 2.75) is 53.5 Å². The smallest absolute Gasteiger partial charge is 0.126 e. The van der Waals surface area contributed by atoms with Crippen LogP contribution in [0, 0.1) is 11.3 Å².